The van der Waals surface area contributed by atoms with Crippen LogP contribution in [-0.2, 0) is 9.53 Å². The Morgan fingerprint density at radius 3 is 2.73 bits per heavy atom. The van der Waals surface area contributed by atoms with Gasteiger partial charge in [0.1, 0.15) is 5.54 Å². The maximum atomic E-state index is 10.9. The lowest BCUT2D eigenvalue weighted by atomic mass is 10.00. The third-order valence-electron chi connectivity index (χ3n) is 3.51. The van der Waals surface area contributed by atoms with Crippen molar-refractivity contribution in [1.82, 2.24) is 0 Å². The van der Waals surface area contributed by atoms with Gasteiger partial charge in [0.2, 0.25) is 0 Å². The number of ether oxygens (including phenoxy) is 1. The quantitative estimate of drug-likeness (QED) is 0.718. The molecule has 2 rings (SSSR count). The van der Waals surface area contributed by atoms with Gasteiger partial charge in [0.05, 0.1) is 6.10 Å². The summed E-state index contributed by atoms with van der Waals surface area (Å²) in [5.41, 5.74) is 4.72. The Balaban J connectivity index is 1.69. The molecule has 2 saturated carbocycles. The highest BCUT2D eigenvalue weighted by Gasteiger charge is 2.42. The van der Waals surface area contributed by atoms with Gasteiger partial charge >= 0.3 is 5.97 Å². The topological polar surface area (TPSA) is 72.6 Å². The largest absolute Gasteiger partial charge is 0.480 e. The van der Waals surface area contributed by atoms with E-state index in [1.165, 1.54) is 12.8 Å². The lowest BCUT2D eigenvalue weighted by Gasteiger charge is -2.18. The van der Waals surface area contributed by atoms with E-state index < -0.39 is 11.5 Å². The summed E-state index contributed by atoms with van der Waals surface area (Å²) in [7, 11) is 0. The summed E-state index contributed by atoms with van der Waals surface area (Å²) in [5.74, 6) is -0.0238. The number of carbonyl (C=O) groups is 1. The lowest BCUT2D eigenvalue weighted by Crippen LogP contribution is -2.45. The standard InChI is InChI=1S/C11H19NO3/c12-11(10(13)14)5-3-9(7-11)15-6-4-8-1-2-8/h8-9H,1-7,12H2,(H,13,14). The second kappa shape index (κ2) is 4.10. The third kappa shape index (κ3) is 2.69. The van der Waals surface area contributed by atoms with Crippen LogP contribution in [0, 0.1) is 5.92 Å². The van der Waals surface area contributed by atoms with Crippen LogP contribution in [0.5, 0.6) is 0 Å². The fraction of sp³-hybridized carbons (Fsp3) is 0.909. The minimum absolute atomic E-state index is 0.0600. The zero-order valence-electron chi connectivity index (χ0n) is 8.95. The SMILES string of the molecule is NC1(C(=O)O)CCC(OCCC2CC2)C1. The van der Waals surface area contributed by atoms with Crippen LogP contribution in [0.3, 0.4) is 0 Å². The molecule has 2 aliphatic rings. The van der Waals surface area contributed by atoms with Gasteiger partial charge in [0.25, 0.3) is 0 Å². The zero-order chi connectivity index (χ0) is 10.9. The number of hydrogen-bond acceptors (Lipinski definition) is 3. The summed E-state index contributed by atoms with van der Waals surface area (Å²) in [6.45, 7) is 0.769. The van der Waals surface area contributed by atoms with Crippen molar-refractivity contribution in [2.24, 2.45) is 11.7 Å². The van der Waals surface area contributed by atoms with Gasteiger partial charge < -0.3 is 15.6 Å². The molecule has 0 radical (unpaired) electrons. The average Bonchev–Trinajstić information content (AvgIpc) is 2.91. The molecular weight excluding hydrogens is 194 g/mol. The second-order valence-corrected chi connectivity index (χ2v) is 4.93. The van der Waals surface area contributed by atoms with Crippen molar-refractivity contribution in [3.63, 3.8) is 0 Å². The number of aliphatic carboxylic acids is 1. The van der Waals surface area contributed by atoms with Crippen molar-refractivity contribution >= 4 is 5.97 Å². The fourth-order valence-corrected chi connectivity index (χ4v) is 2.17. The Labute approximate surface area is 89.8 Å². The molecule has 4 nitrogen and oxygen atoms in total. The number of nitrogens with two attached hydrogens (primary N) is 1. The van der Waals surface area contributed by atoms with Crippen molar-refractivity contribution in [3.05, 3.63) is 0 Å². The van der Waals surface area contributed by atoms with Crippen molar-refractivity contribution in [2.75, 3.05) is 6.61 Å². The van der Waals surface area contributed by atoms with Crippen LogP contribution in [0.1, 0.15) is 38.5 Å². The van der Waals surface area contributed by atoms with Gasteiger partial charge in [0, 0.05) is 13.0 Å². The van der Waals surface area contributed by atoms with Crippen LogP contribution >= 0.6 is 0 Å². The van der Waals surface area contributed by atoms with Crippen molar-refractivity contribution < 1.29 is 14.6 Å². The molecule has 0 heterocycles. The Morgan fingerprint density at radius 2 is 2.20 bits per heavy atom. The van der Waals surface area contributed by atoms with Crippen LogP contribution in [0.15, 0.2) is 0 Å². The van der Waals surface area contributed by atoms with E-state index in [4.69, 9.17) is 15.6 Å². The summed E-state index contributed by atoms with van der Waals surface area (Å²) < 4.78 is 5.66. The van der Waals surface area contributed by atoms with E-state index in [1.807, 2.05) is 0 Å². The molecule has 3 N–H and O–H groups in total. The Hall–Kier alpha value is -0.610. The van der Waals surface area contributed by atoms with Crippen molar-refractivity contribution in [2.45, 2.75) is 50.2 Å². The molecule has 2 atom stereocenters. The molecule has 0 aliphatic heterocycles. The van der Waals surface area contributed by atoms with Gasteiger partial charge in [-0.15, -0.1) is 0 Å². The van der Waals surface area contributed by atoms with E-state index in [-0.39, 0.29) is 6.10 Å². The average molecular weight is 213 g/mol. The van der Waals surface area contributed by atoms with E-state index in [1.54, 1.807) is 0 Å². The van der Waals surface area contributed by atoms with E-state index >= 15 is 0 Å². The van der Waals surface area contributed by atoms with Gasteiger partial charge in [0.15, 0.2) is 0 Å². The molecule has 86 valence electrons. The summed E-state index contributed by atoms with van der Waals surface area (Å²) in [6, 6.07) is 0. The summed E-state index contributed by atoms with van der Waals surface area (Å²) in [5, 5.41) is 8.93. The maximum absolute atomic E-state index is 10.9. The van der Waals surface area contributed by atoms with E-state index in [0.29, 0.717) is 12.8 Å². The maximum Gasteiger partial charge on any atom is 0.323 e. The summed E-state index contributed by atoms with van der Waals surface area (Å²) in [4.78, 5) is 10.9. The monoisotopic (exact) mass is 213 g/mol. The van der Waals surface area contributed by atoms with Crippen LogP contribution in [0.2, 0.25) is 0 Å². The lowest BCUT2D eigenvalue weighted by molar-refractivity contribution is -0.143. The van der Waals surface area contributed by atoms with Crippen LogP contribution in [-0.4, -0.2) is 29.3 Å². The molecule has 2 aliphatic carbocycles. The highest BCUT2D eigenvalue weighted by molar-refractivity contribution is 5.78. The first kappa shape index (κ1) is 10.9. The third-order valence-corrected chi connectivity index (χ3v) is 3.51. The minimum Gasteiger partial charge on any atom is -0.480 e. The Bertz CT molecular complexity index is 252. The van der Waals surface area contributed by atoms with Gasteiger partial charge in [-0.25, -0.2) is 0 Å². The molecule has 0 aromatic heterocycles. The fourth-order valence-electron chi connectivity index (χ4n) is 2.17. The first-order valence-corrected chi connectivity index (χ1v) is 5.74. The van der Waals surface area contributed by atoms with Gasteiger partial charge in [-0.2, -0.15) is 0 Å². The summed E-state index contributed by atoms with van der Waals surface area (Å²) >= 11 is 0. The number of rotatable bonds is 5. The summed E-state index contributed by atoms with van der Waals surface area (Å²) in [6.07, 6.45) is 5.65. The van der Waals surface area contributed by atoms with Crippen LogP contribution in [0.25, 0.3) is 0 Å². The zero-order valence-corrected chi connectivity index (χ0v) is 8.95. The molecule has 0 aromatic carbocycles. The molecule has 0 aromatic rings. The number of carboxylic acids is 1. The molecule has 2 unspecified atom stereocenters. The molecule has 0 saturated heterocycles. The van der Waals surface area contributed by atoms with E-state index in [2.05, 4.69) is 0 Å². The molecule has 4 heteroatoms. The van der Waals surface area contributed by atoms with Crippen molar-refractivity contribution in [1.29, 1.82) is 0 Å². The van der Waals surface area contributed by atoms with Gasteiger partial charge in [-0.3, -0.25) is 4.79 Å². The molecule has 15 heavy (non-hydrogen) atoms. The number of hydrogen-bond donors (Lipinski definition) is 2. The molecule has 0 spiro atoms. The first-order chi connectivity index (χ1) is 7.10. The molecule has 0 amide bonds. The first-order valence-electron chi connectivity index (χ1n) is 5.74. The second-order valence-electron chi connectivity index (χ2n) is 4.93. The predicted molar refractivity (Wildman–Crippen MR) is 55.5 cm³/mol. The molecular formula is C11H19NO3. The highest BCUT2D eigenvalue weighted by Crippen LogP contribution is 2.34. The Kier molecular flexibility index (Phi) is 2.98. The van der Waals surface area contributed by atoms with Gasteiger partial charge in [-0.05, 0) is 25.2 Å². The van der Waals surface area contributed by atoms with Gasteiger partial charge in [-0.1, -0.05) is 12.8 Å². The minimum atomic E-state index is -1.04. The van der Waals surface area contributed by atoms with Crippen LogP contribution in [0.4, 0.5) is 0 Å². The Morgan fingerprint density at radius 1 is 1.47 bits per heavy atom. The molecule has 2 fully saturated rings. The van der Waals surface area contributed by atoms with Crippen LogP contribution < -0.4 is 5.73 Å². The van der Waals surface area contributed by atoms with Crippen molar-refractivity contribution in [3.8, 4) is 0 Å². The van der Waals surface area contributed by atoms with E-state index in [9.17, 15) is 4.79 Å². The highest BCUT2D eigenvalue weighted by atomic mass is 16.5. The molecule has 0 bridgehead atoms. The smallest absolute Gasteiger partial charge is 0.323 e. The number of carboxylic acid groups (broad SMARTS) is 1. The van der Waals surface area contributed by atoms with E-state index in [0.717, 1.165) is 25.4 Å². The predicted octanol–water partition coefficient (Wildman–Crippen LogP) is 1.14. The normalized spacial score (nSPS) is 35.7.